The van der Waals surface area contributed by atoms with Gasteiger partial charge >= 0.3 is 29.8 Å². The fourth-order valence-electron chi connectivity index (χ4n) is 4.63. The van der Waals surface area contributed by atoms with Crippen LogP contribution >= 0.6 is 0 Å². The van der Waals surface area contributed by atoms with Gasteiger partial charge in [0.1, 0.15) is 0 Å². The van der Waals surface area contributed by atoms with Crippen molar-refractivity contribution in [1.82, 2.24) is 0 Å². The van der Waals surface area contributed by atoms with Gasteiger partial charge in [-0.15, -0.1) is 0 Å². The summed E-state index contributed by atoms with van der Waals surface area (Å²) >= 11 is 0. The highest BCUT2D eigenvalue weighted by molar-refractivity contribution is 5.82. The molecule has 0 radical (unpaired) electrons. The molecule has 0 aliphatic heterocycles. The third-order valence-corrected chi connectivity index (χ3v) is 6.60. The van der Waals surface area contributed by atoms with Gasteiger partial charge in [-0.1, -0.05) is 6.92 Å². The van der Waals surface area contributed by atoms with Gasteiger partial charge in [0.05, 0.1) is 27.1 Å². The number of carboxylic acids is 5. The zero-order valence-corrected chi connectivity index (χ0v) is 19.8. The Kier molecular flexibility index (Phi) is 8.68. The molecule has 4 unspecified atom stereocenters. The maximum Gasteiger partial charge on any atom is 0.309 e. The number of hydrogen-bond acceptors (Lipinski definition) is 5. The summed E-state index contributed by atoms with van der Waals surface area (Å²) in [5.41, 5.74) is -8.39. The molecule has 0 bridgehead atoms. The molecule has 0 saturated heterocycles. The lowest BCUT2D eigenvalue weighted by Crippen LogP contribution is -2.47. The summed E-state index contributed by atoms with van der Waals surface area (Å²) < 4.78 is 0. The van der Waals surface area contributed by atoms with Crippen molar-refractivity contribution in [3.8, 4) is 0 Å². The molecular weight excluding hydrogens is 424 g/mol. The molecule has 0 aromatic heterocycles. The van der Waals surface area contributed by atoms with Gasteiger partial charge in [-0.3, -0.25) is 24.0 Å². The second-order valence-corrected chi connectivity index (χ2v) is 10.7. The third kappa shape index (κ3) is 6.43. The highest BCUT2D eigenvalue weighted by atomic mass is 16.4. The standard InChI is InChI=1S/C22H36O10/c1-8-19(4,14(25)26)10-21(6,16(29)30)12-22(7,17(31)32)11-20(5,15(27)28)9-18(2,3)13(23)24/h8-12H2,1-7H3,(H,23,24)(H,25,26)(H,27,28)(H,29,30)(H,31,32). The van der Waals surface area contributed by atoms with Crippen LogP contribution in [-0.4, -0.2) is 55.4 Å². The van der Waals surface area contributed by atoms with Crippen molar-refractivity contribution < 1.29 is 49.5 Å². The first-order valence-corrected chi connectivity index (χ1v) is 10.3. The Morgan fingerprint density at radius 1 is 0.469 bits per heavy atom. The average Bonchev–Trinajstić information content (AvgIpc) is 2.59. The number of aliphatic carboxylic acids is 5. The summed E-state index contributed by atoms with van der Waals surface area (Å²) in [7, 11) is 0. The second kappa shape index (κ2) is 9.46. The van der Waals surface area contributed by atoms with E-state index in [-0.39, 0.29) is 19.3 Å². The second-order valence-electron chi connectivity index (χ2n) is 10.7. The van der Waals surface area contributed by atoms with E-state index >= 15 is 0 Å². The average molecular weight is 461 g/mol. The summed E-state index contributed by atoms with van der Waals surface area (Å²) in [6, 6.07) is 0. The highest BCUT2D eigenvalue weighted by Gasteiger charge is 2.54. The fourth-order valence-corrected chi connectivity index (χ4v) is 4.63. The Bertz CT molecular complexity index is 788. The van der Waals surface area contributed by atoms with Crippen molar-refractivity contribution in [1.29, 1.82) is 0 Å². The summed E-state index contributed by atoms with van der Waals surface area (Å²) in [5.74, 6) is -6.71. The van der Waals surface area contributed by atoms with Gasteiger partial charge in [0.2, 0.25) is 0 Å². The Labute approximate surface area is 187 Å². The Hall–Kier alpha value is -2.65. The van der Waals surface area contributed by atoms with Crippen molar-refractivity contribution in [3.63, 3.8) is 0 Å². The van der Waals surface area contributed by atoms with Crippen LogP contribution in [0.15, 0.2) is 0 Å². The summed E-state index contributed by atoms with van der Waals surface area (Å²) in [5, 5.41) is 48.7. The van der Waals surface area contributed by atoms with Crippen LogP contribution in [0.2, 0.25) is 0 Å². The van der Waals surface area contributed by atoms with Gasteiger partial charge in [0.25, 0.3) is 0 Å². The zero-order valence-electron chi connectivity index (χ0n) is 19.8. The van der Waals surface area contributed by atoms with Crippen LogP contribution in [0.4, 0.5) is 0 Å². The van der Waals surface area contributed by atoms with Crippen molar-refractivity contribution in [3.05, 3.63) is 0 Å². The van der Waals surface area contributed by atoms with E-state index in [4.69, 9.17) is 0 Å². The van der Waals surface area contributed by atoms with Gasteiger partial charge in [-0.05, 0) is 73.6 Å². The molecule has 10 heteroatoms. The third-order valence-electron chi connectivity index (χ3n) is 6.60. The minimum atomic E-state index is -1.89. The molecule has 0 aromatic rings. The predicted molar refractivity (Wildman–Crippen MR) is 113 cm³/mol. The van der Waals surface area contributed by atoms with Gasteiger partial charge in [0.15, 0.2) is 0 Å². The maximum absolute atomic E-state index is 12.3. The molecule has 4 atom stereocenters. The van der Waals surface area contributed by atoms with Crippen LogP contribution in [0.5, 0.6) is 0 Å². The number of hydrogen-bond donors (Lipinski definition) is 5. The maximum atomic E-state index is 12.3. The lowest BCUT2D eigenvalue weighted by Gasteiger charge is -2.42. The van der Waals surface area contributed by atoms with E-state index < -0.39 is 69.8 Å². The van der Waals surface area contributed by atoms with Crippen molar-refractivity contribution in [2.24, 2.45) is 27.1 Å². The first-order valence-electron chi connectivity index (χ1n) is 10.3. The van der Waals surface area contributed by atoms with E-state index in [1.54, 1.807) is 6.92 Å². The normalized spacial score (nSPS) is 19.5. The zero-order chi connectivity index (χ0) is 25.9. The molecule has 32 heavy (non-hydrogen) atoms. The summed E-state index contributed by atoms with van der Waals surface area (Å²) in [6.45, 7) is 9.34. The number of carbonyl (C=O) groups is 5. The smallest absolute Gasteiger partial charge is 0.309 e. The Morgan fingerprint density at radius 2 is 0.719 bits per heavy atom. The van der Waals surface area contributed by atoms with Crippen LogP contribution in [-0.2, 0) is 24.0 Å². The van der Waals surface area contributed by atoms with Crippen LogP contribution in [0, 0.1) is 27.1 Å². The molecular formula is C22H36O10. The lowest BCUT2D eigenvalue weighted by atomic mass is 9.59. The molecule has 0 amide bonds. The first kappa shape index (κ1) is 29.4. The molecule has 184 valence electrons. The molecule has 0 rings (SSSR count). The van der Waals surface area contributed by atoms with E-state index in [0.29, 0.717) is 0 Å². The summed E-state index contributed by atoms with van der Waals surface area (Å²) in [6.07, 6.45) is -1.73. The molecule has 0 saturated carbocycles. The van der Waals surface area contributed by atoms with E-state index in [0.717, 1.165) is 0 Å². The molecule has 0 spiro atoms. The topological polar surface area (TPSA) is 186 Å². The van der Waals surface area contributed by atoms with E-state index in [1.807, 2.05) is 0 Å². The molecule has 0 aliphatic rings. The van der Waals surface area contributed by atoms with Crippen LogP contribution in [0.25, 0.3) is 0 Å². The first-order chi connectivity index (χ1) is 14.1. The SMILES string of the molecule is CCC(C)(CC(C)(CC(C)(CC(C)(CC(C)(C)C(=O)O)C(=O)O)C(=O)O)C(=O)O)C(=O)O. The quantitative estimate of drug-likeness (QED) is 0.257. The highest BCUT2D eigenvalue weighted by Crippen LogP contribution is 2.50. The van der Waals surface area contributed by atoms with E-state index in [2.05, 4.69) is 0 Å². The Morgan fingerprint density at radius 3 is 0.938 bits per heavy atom. The monoisotopic (exact) mass is 460 g/mol. The minimum absolute atomic E-state index is 0.106. The molecule has 10 nitrogen and oxygen atoms in total. The lowest BCUT2D eigenvalue weighted by molar-refractivity contribution is -0.166. The van der Waals surface area contributed by atoms with E-state index in [9.17, 15) is 49.5 Å². The molecule has 0 aromatic carbocycles. The largest absolute Gasteiger partial charge is 0.481 e. The van der Waals surface area contributed by atoms with Gasteiger partial charge in [-0.2, -0.15) is 0 Å². The van der Waals surface area contributed by atoms with Gasteiger partial charge in [0, 0.05) is 0 Å². The number of carboxylic acid groups (broad SMARTS) is 5. The predicted octanol–water partition coefficient (Wildman–Crippen LogP) is 3.43. The molecule has 5 N–H and O–H groups in total. The Balaban J connectivity index is 6.41. The molecule has 0 heterocycles. The van der Waals surface area contributed by atoms with Crippen LogP contribution in [0.1, 0.15) is 80.6 Å². The van der Waals surface area contributed by atoms with Crippen molar-refractivity contribution >= 4 is 29.8 Å². The van der Waals surface area contributed by atoms with Crippen molar-refractivity contribution in [2.75, 3.05) is 0 Å². The van der Waals surface area contributed by atoms with Crippen LogP contribution < -0.4 is 0 Å². The van der Waals surface area contributed by atoms with E-state index in [1.165, 1.54) is 41.5 Å². The fraction of sp³-hybridized carbons (Fsp3) is 0.773. The molecule has 0 fully saturated rings. The molecule has 0 aliphatic carbocycles. The van der Waals surface area contributed by atoms with Crippen molar-refractivity contribution in [2.45, 2.75) is 80.6 Å². The minimum Gasteiger partial charge on any atom is -0.481 e. The summed E-state index contributed by atoms with van der Waals surface area (Å²) in [4.78, 5) is 59.9. The van der Waals surface area contributed by atoms with Gasteiger partial charge < -0.3 is 25.5 Å². The van der Waals surface area contributed by atoms with Gasteiger partial charge in [-0.25, -0.2) is 0 Å². The number of rotatable bonds is 14. The van der Waals surface area contributed by atoms with Crippen LogP contribution in [0.3, 0.4) is 0 Å².